The van der Waals surface area contributed by atoms with Crippen molar-refractivity contribution in [3.63, 3.8) is 0 Å². The fraction of sp³-hybridized carbons (Fsp3) is 0.188. The fourth-order valence-electron chi connectivity index (χ4n) is 2.37. The van der Waals surface area contributed by atoms with E-state index in [1.807, 2.05) is 0 Å². The van der Waals surface area contributed by atoms with Crippen molar-refractivity contribution in [2.24, 2.45) is 0 Å². The largest absolute Gasteiger partial charge is 0.508 e. The molecular weight excluding hydrogens is 323 g/mol. The van der Waals surface area contributed by atoms with E-state index in [9.17, 15) is 23.1 Å². The van der Waals surface area contributed by atoms with Crippen LogP contribution in [-0.2, 0) is 12.6 Å². The number of carbonyl (C=O) groups excluding carboxylic acids is 1. The number of phenols is 1. The molecule has 124 valence electrons. The van der Waals surface area contributed by atoms with Gasteiger partial charge in [0.15, 0.2) is 0 Å². The Morgan fingerprint density at radius 1 is 1.17 bits per heavy atom. The minimum atomic E-state index is -4.58. The number of aromatic hydroxyl groups is 1. The van der Waals surface area contributed by atoms with E-state index < -0.39 is 17.7 Å². The molecule has 0 radical (unpaired) electrons. The molecule has 2 heterocycles. The molecule has 0 amide bonds. The second-order valence-corrected chi connectivity index (χ2v) is 5.12. The predicted molar refractivity (Wildman–Crippen MR) is 78.9 cm³/mol. The number of hydrogen-bond acceptors (Lipinski definition) is 4. The number of fused-ring (bicyclic) bond motifs is 1. The number of carbonyl (C=O) groups is 1. The van der Waals surface area contributed by atoms with Gasteiger partial charge in [-0.2, -0.15) is 13.2 Å². The predicted octanol–water partition coefficient (Wildman–Crippen LogP) is 3.25. The molecule has 0 aliphatic carbocycles. The van der Waals surface area contributed by atoms with Gasteiger partial charge >= 0.3 is 6.18 Å². The number of aromatic nitrogens is 3. The lowest BCUT2D eigenvalue weighted by Crippen LogP contribution is -2.11. The van der Waals surface area contributed by atoms with E-state index in [2.05, 4.69) is 9.97 Å². The van der Waals surface area contributed by atoms with E-state index in [1.54, 1.807) is 6.92 Å². The van der Waals surface area contributed by atoms with Crippen molar-refractivity contribution in [1.82, 2.24) is 14.4 Å². The third kappa shape index (κ3) is 2.70. The van der Waals surface area contributed by atoms with E-state index in [4.69, 9.17) is 0 Å². The van der Waals surface area contributed by atoms with E-state index in [-0.39, 0.29) is 17.2 Å². The van der Waals surface area contributed by atoms with Crippen LogP contribution >= 0.6 is 0 Å². The fourth-order valence-corrected chi connectivity index (χ4v) is 2.37. The van der Waals surface area contributed by atoms with Crippen molar-refractivity contribution >= 4 is 11.6 Å². The third-order valence-corrected chi connectivity index (χ3v) is 3.54. The van der Waals surface area contributed by atoms with Crippen LogP contribution < -0.4 is 0 Å². The molecule has 3 rings (SSSR count). The molecule has 24 heavy (non-hydrogen) atoms. The molecule has 0 bridgehead atoms. The molecule has 0 aliphatic rings. The smallest absolute Gasteiger partial charge is 0.433 e. The van der Waals surface area contributed by atoms with Crippen LogP contribution in [0.1, 0.15) is 34.4 Å². The van der Waals surface area contributed by atoms with Crippen LogP contribution in [0.2, 0.25) is 0 Å². The van der Waals surface area contributed by atoms with Crippen LogP contribution in [0.15, 0.2) is 36.5 Å². The van der Waals surface area contributed by atoms with Crippen LogP contribution in [0.4, 0.5) is 13.2 Å². The van der Waals surface area contributed by atoms with Gasteiger partial charge in [0.1, 0.15) is 17.1 Å². The van der Waals surface area contributed by atoms with Crippen molar-refractivity contribution < 1.29 is 23.1 Å². The highest BCUT2D eigenvalue weighted by Crippen LogP contribution is 2.28. The average Bonchev–Trinajstić information content (AvgIpc) is 2.91. The highest BCUT2D eigenvalue weighted by atomic mass is 19.4. The molecular formula is C16H12F3N3O2. The van der Waals surface area contributed by atoms with Crippen molar-refractivity contribution in [3.8, 4) is 5.75 Å². The molecule has 0 saturated carbocycles. The number of rotatable bonds is 3. The molecule has 0 saturated heterocycles. The minimum absolute atomic E-state index is 0.0110. The number of alkyl halides is 3. The Labute approximate surface area is 134 Å². The third-order valence-electron chi connectivity index (χ3n) is 3.54. The van der Waals surface area contributed by atoms with E-state index in [0.29, 0.717) is 17.7 Å². The summed E-state index contributed by atoms with van der Waals surface area (Å²) in [5.41, 5.74) is -0.241. The first-order valence-corrected chi connectivity index (χ1v) is 7.10. The van der Waals surface area contributed by atoms with E-state index in [1.165, 1.54) is 28.7 Å². The average molecular weight is 335 g/mol. The first kappa shape index (κ1) is 16.0. The van der Waals surface area contributed by atoms with Gasteiger partial charge in [0.2, 0.25) is 11.6 Å². The molecule has 8 heteroatoms. The summed E-state index contributed by atoms with van der Waals surface area (Å²) in [6.45, 7) is 1.75. The molecule has 2 aromatic heterocycles. The Morgan fingerprint density at radius 2 is 1.83 bits per heavy atom. The summed E-state index contributed by atoms with van der Waals surface area (Å²) in [6, 6.07) is 6.41. The molecule has 1 aromatic carbocycles. The normalized spacial score (nSPS) is 11.8. The van der Waals surface area contributed by atoms with Gasteiger partial charge in [-0.1, -0.05) is 6.92 Å². The lowest BCUT2D eigenvalue weighted by atomic mass is 10.1. The molecule has 0 spiro atoms. The van der Waals surface area contributed by atoms with Crippen molar-refractivity contribution in [2.75, 3.05) is 0 Å². The van der Waals surface area contributed by atoms with Gasteiger partial charge in [-0.3, -0.25) is 9.20 Å². The number of phenolic OH excluding ortho intramolecular Hbond substituents is 1. The van der Waals surface area contributed by atoms with Gasteiger partial charge in [-0.15, -0.1) is 0 Å². The maximum atomic E-state index is 12.8. The molecule has 5 nitrogen and oxygen atoms in total. The Morgan fingerprint density at radius 3 is 2.42 bits per heavy atom. The lowest BCUT2D eigenvalue weighted by Gasteiger charge is -2.06. The quantitative estimate of drug-likeness (QED) is 0.746. The van der Waals surface area contributed by atoms with E-state index >= 15 is 0 Å². The van der Waals surface area contributed by atoms with E-state index in [0.717, 1.165) is 12.3 Å². The highest BCUT2D eigenvalue weighted by Gasteiger charge is 2.33. The summed E-state index contributed by atoms with van der Waals surface area (Å²) in [5.74, 6) is -0.568. The van der Waals surface area contributed by atoms with Crippen molar-refractivity contribution in [1.29, 1.82) is 0 Å². The van der Waals surface area contributed by atoms with Crippen molar-refractivity contribution in [3.05, 3.63) is 59.2 Å². The van der Waals surface area contributed by atoms with Crippen LogP contribution in [0.25, 0.3) is 5.78 Å². The van der Waals surface area contributed by atoms with Gasteiger partial charge < -0.3 is 5.11 Å². The number of aryl methyl sites for hydroxylation is 1. The second kappa shape index (κ2) is 5.63. The summed E-state index contributed by atoms with van der Waals surface area (Å²) < 4.78 is 39.6. The first-order valence-electron chi connectivity index (χ1n) is 7.10. The number of imidazole rings is 1. The molecule has 0 unspecified atom stereocenters. The summed E-state index contributed by atoms with van der Waals surface area (Å²) in [5, 5.41) is 9.30. The molecule has 0 fully saturated rings. The van der Waals surface area contributed by atoms with Gasteiger partial charge in [0, 0.05) is 11.8 Å². The summed E-state index contributed by atoms with van der Waals surface area (Å²) in [6.07, 6.45) is -3.07. The lowest BCUT2D eigenvalue weighted by molar-refractivity contribution is -0.141. The van der Waals surface area contributed by atoms with Gasteiger partial charge in [-0.05, 0) is 36.8 Å². The minimum Gasteiger partial charge on any atom is -0.508 e. The van der Waals surface area contributed by atoms with Gasteiger partial charge in [0.05, 0.1) is 5.69 Å². The zero-order chi connectivity index (χ0) is 17.5. The van der Waals surface area contributed by atoms with Gasteiger partial charge in [0.25, 0.3) is 0 Å². The first-order chi connectivity index (χ1) is 11.3. The number of benzene rings is 1. The number of hydrogen-bond donors (Lipinski definition) is 1. The van der Waals surface area contributed by atoms with Crippen LogP contribution in [0, 0.1) is 0 Å². The Hall–Kier alpha value is -2.90. The SMILES string of the molecule is CCc1nc2nc(C(F)(F)F)ccn2c1C(=O)c1ccc(O)cc1. The maximum absolute atomic E-state index is 12.8. The number of halogens is 3. The zero-order valence-electron chi connectivity index (χ0n) is 12.5. The van der Waals surface area contributed by atoms with Crippen LogP contribution in [0.3, 0.4) is 0 Å². The maximum Gasteiger partial charge on any atom is 0.433 e. The molecule has 1 N–H and O–H groups in total. The van der Waals surface area contributed by atoms with Gasteiger partial charge in [-0.25, -0.2) is 9.97 Å². The number of nitrogens with zero attached hydrogens (tertiary/aromatic N) is 3. The second-order valence-electron chi connectivity index (χ2n) is 5.12. The molecule has 0 aliphatic heterocycles. The Kier molecular flexibility index (Phi) is 3.75. The van der Waals surface area contributed by atoms with Crippen LogP contribution in [-0.4, -0.2) is 25.3 Å². The van der Waals surface area contributed by atoms with Crippen LogP contribution in [0.5, 0.6) is 5.75 Å². The number of ketones is 1. The Bertz CT molecular complexity index is 915. The topological polar surface area (TPSA) is 67.5 Å². The van der Waals surface area contributed by atoms with Crippen molar-refractivity contribution in [2.45, 2.75) is 19.5 Å². The standard InChI is InChI=1S/C16H12F3N3O2/c1-2-11-13(14(24)9-3-5-10(23)6-4-9)22-8-7-12(16(17,18)19)21-15(22)20-11/h3-8,23H,2H2,1H3. The molecule has 0 atom stereocenters. The monoisotopic (exact) mass is 335 g/mol. The summed E-state index contributed by atoms with van der Waals surface area (Å²) >= 11 is 0. The zero-order valence-corrected chi connectivity index (χ0v) is 12.5. The summed E-state index contributed by atoms with van der Waals surface area (Å²) in [4.78, 5) is 20.3. The Balaban J connectivity index is 2.16. The highest BCUT2D eigenvalue weighted by molar-refractivity contribution is 6.09. The summed E-state index contributed by atoms with van der Waals surface area (Å²) in [7, 11) is 0. The molecule has 3 aromatic rings.